The first-order chi connectivity index (χ1) is 15.9. The van der Waals surface area contributed by atoms with Crippen molar-refractivity contribution in [2.75, 3.05) is 12.4 Å². The Hall–Kier alpha value is -3.62. The molecule has 3 aromatic carbocycles. The molecule has 7 nitrogen and oxygen atoms in total. The molecule has 0 radical (unpaired) electrons. The highest BCUT2D eigenvalue weighted by Crippen LogP contribution is 2.32. The number of rotatable bonds is 8. The first-order valence-electron chi connectivity index (χ1n) is 10.4. The lowest BCUT2D eigenvalue weighted by Crippen LogP contribution is -2.30. The first kappa shape index (κ1) is 22.6. The maximum atomic E-state index is 12.6. The molecule has 0 aliphatic rings. The lowest BCUT2D eigenvalue weighted by Gasteiger charge is -2.13. The van der Waals surface area contributed by atoms with E-state index in [1.54, 1.807) is 26.1 Å². The molecule has 2 N–H and O–H groups in total. The fourth-order valence-corrected chi connectivity index (χ4v) is 4.67. The monoisotopic (exact) mass is 463 g/mol. The van der Waals surface area contributed by atoms with Gasteiger partial charge in [-0.2, -0.15) is 0 Å². The van der Waals surface area contributed by atoms with Crippen molar-refractivity contribution in [3.05, 3.63) is 79.0 Å². The van der Waals surface area contributed by atoms with Gasteiger partial charge in [0.1, 0.15) is 5.75 Å². The molecule has 0 saturated heterocycles. The summed E-state index contributed by atoms with van der Waals surface area (Å²) in [6.45, 7) is 3.53. The van der Waals surface area contributed by atoms with Crippen molar-refractivity contribution in [2.45, 2.75) is 24.8 Å². The van der Waals surface area contributed by atoms with E-state index in [9.17, 15) is 8.42 Å². The Morgan fingerprint density at radius 3 is 2.36 bits per heavy atom. The second-order valence-corrected chi connectivity index (χ2v) is 9.45. The normalized spacial score (nSPS) is 11.5. The second-order valence-electron chi connectivity index (χ2n) is 7.74. The summed E-state index contributed by atoms with van der Waals surface area (Å²) in [6.07, 6.45) is 1.62. The van der Waals surface area contributed by atoms with Gasteiger partial charge in [0.25, 0.3) is 6.01 Å². The molecule has 0 bridgehead atoms. The van der Waals surface area contributed by atoms with Gasteiger partial charge in [0.05, 0.1) is 23.9 Å². The van der Waals surface area contributed by atoms with E-state index >= 15 is 0 Å². The van der Waals surface area contributed by atoms with Crippen molar-refractivity contribution >= 4 is 21.7 Å². The molecule has 0 saturated carbocycles. The van der Waals surface area contributed by atoms with Gasteiger partial charge in [0.2, 0.25) is 10.0 Å². The van der Waals surface area contributed by atoms with Gasteiger partial charge in [-0.05, 0) is 49.2 Å². The van der Waals surface area contributed by atoms with Crippen LogP contribution in [0, 0.1) is 0 Å². The van der Waals surface area contributed by atoms with Gasteiger partial charge in [-0.15, -0.1) is 0 Å². The van der Waals surface area contributed by atoms with E-state index in [1.165, 1.54) is 19.2 Å². The fourth-order valence-electron chi connectivity index (χ4n) is 3.39. The number of aromatic nitrogens is 1. The Morgan fingerprint density at radius 1 is 0.909 bits per heavy atom. The number of ether oxygens (including phenoxy) is 1. The summed E-state index contributed by atoms with van der Waals surface area (Å²) in [5.74, 6) is 1.05. The molecule has 0 aliphatic carbocycles. The molecule has 4 rings (SSSR count). The summed E-state index contributed by atoms with van der Waals surface area (Å²) >= 11 is 0. The quantitative estimate of drug-likeness (QED) is 0.361. The number of hydrogen-bond acceptors (Lipinski definition) is 6. The highest BCUT2D eigenvalue weighted by molar-refractivity contribution is 7.89. The van der Waals surface area contributed by atoms with E-state index in [1.807, 2.05) is 54.6 Å². The Kier molecular flexibility index (Phi) is 6.48. The van der Waals surface area contributed by atoms with Crippen LogP contribution in [-0.4, -0.2) is 26.6 Å². The summed E-state index contributed by atoms with van der Waals surface area (Å²) in [6, 6.07) is 22.6. The third-order valence-electron chi connectivity index (χ3n) is 4.87. The zero-order valence-electron chi connectivity index (χ0n) is 18.6. The predicted molar refractivity (Wildman–Crippen MR) is 129 cm³/mol. The van der Waals surface area contributed by atoms with Crippen LogP contribution >= 0.6 is 0 Å². The Balaban J connectivity index is 1.61. The van der Waals surface area contributed by atoms with Crippen LogP contribution in [0.1, 0.15) is 13.8 Å². The summed E-state index contributed by atoms with van der Waals surface area (Å²) in [5, 5.41) is 3.03. The Labute approximate surface area is 193 Å². The molecule has 8 heteroatoms. The van der Waals surface area contributed by atoms with Crippen LogP contribution in [0.25, 0.3) is 22.5 Å². The van der Waals surface area contributed by atoms with Crippen LogP contribution in [-0.2, 0) is 10.0 Å². The van der Waals surface area contributed by atoms with Crippen molar-refractivity contribution < 1.29 is 17.6 Å². The molecule has 0 fully saturated rings. The molecule has 0 unspecified atom stereocenters. The van der Waals surface area contributed by atoms with Crippen molar-refractivity contribution in [1.29, 1.82) is 0 Å². The SMILES string of the molecule is COc1ccc(S(=O)(=O)NC(C)C)cc1Nc1ncc(-c2cccc(-c3ccccc3)c2)o1. The van der Waals surface area contributed by atoms with Gasteiger partial charge in [-0.3, -0.25) is 0 Å². The van der Waals surface area contributed by atoms with Crippen LogP contribution in [0.15, 0.2) is 88.3 Å². The standard InChI is InChI=1S/C25H25N3O4S/c1-17(2)28-33(29,30)21-12-13-23(31-3)22(15-21)27-25-26-16-24(32-25)20-11-7-10-19(14-20)18-8-5-4-6-9-18/h4-17,28H,1-3H3,(H,26,27). The summed E-state index contributed by atoms with van der Waals surface area (Å²) < 4.78 is 39.0. The molecule has 4 aromatic rings. The lowest BCUT2D eigenvalue weighted by atomic mass is 10.0. The average molecular weight is 464 g/mol. The van der Waals surface area contributed by atoms with Crippen LogP contribution in [0.5, 0.6) is 5.75 Å². The third-order valence-corrected chi connectivity index (χ3v) is 6.53. The number of oxazole rings is 1. The van der Waals surface area contributed by atoms with Crippen molar-refractivity contribution in [3.63, 3.8) is 0 Å². The van der Waals surface area contributed by atoms with E-state index in [0.717, 1.165) is 16.7 Å². The number of anilines is 2. The maximum absolute atomic E-state index is 12.6. The second kappa shape index (κ2) is 9.48. The Bertz CT molecular complexity index is 1350. The molecule has 1 heterocycles. The molecule has 1 aromatic heterocycles. The van der Waals surface area contributed by atoms with E-state index in [4.69, 9.17) is 9.15 Å². The number of nitrogens with zero attached hydrogens (tertiary/aromatic N) is 1. The van der Waals surface area contributed by atoms with Crippen molar-refractivity contribution in [1.82, 2.24) is 9.71 Å². The summed E-state index contributed by atoms with van der Waals surface area (Å²) in [5.41, 5.74) is 3.48. The van der Waals surface area contributed by atoms with Crippen LogP contribution in [0.3, 0.4) is 0 Å². The molecule has 0 amide bonds. The average Bonchev–Trinajstić information content (AvgIpc) is 3.27. The minimum atomic E-state index is -3.66. The number of hydrogen-bond donors (Lipinski definition) is 2. The maximum Gasteiger partial charge on any atom is 0.299 e. The van der Waals surface area contributed by atoms with Crippen molar-refractivity contribution in [3.8, 4) is 28.2 Å². The zero-order valence-corrected chi connectivity index (χ0v) is 19.4. The highest BCUT2D eigenvalue weighted by atomic mass is 32.2. The minimum Gasteiger partial charge on any atom is -0.495 e. The van der Waals surface area contributed by atoms with Crippen LogP contribution in [0.2, 0.25) is 0 Å². The lowest BCUT2D eigenvalue weighted by molar-refractivity contribution is 0.416. The summed E-state index contributed by atoms with van der Waals surface area (Å²) in [7, 11) is -2.15. The topological polar surface area (TPSA) is 93.5 Å². The molecule has 170 valence electrons. The zero-order chi connectivity index (χ0) is 23.4. The molecule has 0 spiro atoms. The fraction of sp³-hybridized carbons (Fsp3) is 0.160. The van der Waals surface area contributed by atoms with Gasteiger partial charge in [0.15, 0.2) is 5.76 Å². The molecule has 33 heavy (non-hydrogen) atoms. The number of benzene rings is 3. The predicted octanol–water partition coefficient (Wildman–Crippen LogP) is 5.45. The number of nitrogens with one attached hydrogen (secondary N) is 2. The number of sulfonamides is 1. The smallest absolute Gasteiger partial charge is 0.299 e. The Morgan fingerprint density at radius 2 is 1.64 bits per heavy atom. The van der Waals surface area contributed by atoms with Gasteiger partial charge in [-0.25, -0.2) is 18.1 Å². The third kappa shape index (κ3) is 5.24. The van der Waals surface area contributed by atoms with Gasteiger partial charge in [0, 0.05) is 11.6 Å². The minimum absolute atomic E-state index is 0.113. The van der Waals surface area contributed by atoms with Gasteiger partial charge < -0.3 is 14.5 Å². The number of methoxy groups -OCH3 is 1. The molecular formula is C25H25N3O4S. The largest absolute Gasteiger partial charge is 0.495 e. The van der Waals surface area contributed by atoms with Crippen molar-refractivity contribution in [2.24, 2.45) is 0 Å². The van der Waals surface area contributed by atoms with Crippen LogP contribution in [0.4, 0.5) is 11.7 Å². The van der Waals surface area contributed by atoms with Gasteiger partial charge in [-0.1, -0.05) is 48.5 Å². The molecule has 0 atom stereocenters. The van der Waals surface area contributed by atoms with Gasteiger partial charge >= 0.3 is 0 Å². The molecular weight excluding hydrogens is 438 g/mol. The van der Waals surface area contributed by atoms with E-state index < -0.39 is 10.0 Å². The summed E-state index contributed by atoms with van der Waals surface area (Å²) in [4.78, 5) is 4.42. The van der Waals surface area contributed by atoms with E-state index in [0.29, 0.717) is 17.2 Å². The highest BCUT2D eigenvalue weighted by Gasteiger charge is 2.18. The van der Waals surface area contributed by atoms with E-state index in [-0.39, 0.29) is 17.0 Å². The van der Waals surface area contributed by atoms with E-state index in [2.05, 4.69) is 15.0 Å². The molecule has 0 aliphatic heterocycles. The first-order valence-corrected chi connectivity index (χ1v) is 11.9. The van der Waals surface area contributed by atoms with Crippen LogP contribution < -0.4 is 14.8 Å².